The summed E-state index contributed by atoms with van der Waals surface area (Å²) in [5.41, 5.74) is 5.49. The Morgan fingerprint density at radius 2 is 0.490 bits per heavy atom. The summed E-state index contributed by atoms with van der Waals surface area (Å²) in [4.78, 5) is 14.7. The summed E-state index contributed by atoms with van der Waals surface area (Å²) in [7, 11) is 16.9. The van der Waals surface area contributed by atoms with Crippen molar-refractivity contribution >= 4 is 0 Å². The molecule has 6 fully saturated rings. The minimum Gasteiger partial charge on any atom is -0.454 e. The zero-order valence-corrected chi connectivity index (χ0v) is 65.9. The van der Waals surface area contributed by atoms with Gasteiger partial charge in [-0.05, 0) is 278 Å². The number of benzene rings is 4. The fraction of sp³-hybridized carbons (Fsp3) is 0.721. The Hall–Kier alpha value is -4.24. The molecule has 0 N–H and O–H groups in total. The van der Waals surface area contributed by atoms with Gasteiger partial charge in [-0.15, -0.1) is 0 Å². The molecule has 0 bridgehead atoms. The molecule has 4 aromatic carbocycles. The maximum Gasteiger partial charge on any atom is 0.231 e. The predicted molar refractivity (Wildman–Crippen MR) is 414 cm³/mol. The Labute approximate surface area is 601 Å². The van der Waals surface area contributed by atoms with Gasteiger partial charge in [0.15, 0.2) is 23.0 Å². The predicted octanol–water partition coefficient (Wildman–Crippen LogP) is 20.5. The lowest BCUT2D eigenvalue weighted by Gasteiger charge is -2.33. The van der Waals surface area contributed by atoms with Crippen molar-refractivity contribution in [2.24, 2.45) is 35.5 Å². The summed E-state index contributed by atoms with van der Waals surface area (Å²) in [5, 5.41) is 0. The van der Waals surface area contributed by atoms with Crippen LogP contribution in [-0.4, -0.2) is 149 Å². The van der Waals surface area contributed by atoms with Gasteiger partial charge in [0, 0.05) is 76.6 Å². The van der Waals surface area contributed by atoms with Crippen LogP contribution in [0.3, 0.4) is 0 Å². The van der Waals surface area contributed by atoms with Crippen molar-refractivity contribution in [3.63, 3.8) is 0 Å². The summed E-state index contributed by atoms with van der Waals surface area (Å²) in [6, 6.07) is 38.8. The van der Waals surface area contributed by atoms with E-state index in [2.05, 4.69) is 198 Å². The smallest absolute Gasteiger partial charge is 0.231 e. The molecule has 0 aromatic heterocycles. The van der Waals surface area contributed by atoms with Crippen molar-refractivity contribution in [3.05, 3.63) is 119 Å². The SMILES string of the molecule is CC.CC.CC1CCC(N(C)Cc2ccc3c(c2)OCO3)CC1.CC1CCC(N(C)Cc2ccc3c(c2)OCO3)CC1.CC1CCC(N(C)Cc2ccccc2)CC1.CC1CCC(N(C)Cc2ccccc2)CC1.COCN(C)C1CCC(C)CC1.COCN(C)C1CCC(C)CC1. The lowest BCUT2D eigenvalue weighted by atomic mass is 9.86. The monoisotopic (exact) mass is 1360 g/mol. The maximum atomic E-state index is 5.44. The highest BCUT2D eigenvalue weighted by molar-refractivity contribution is 5.45. The van der Waals surface area contributed by atoms with Crippen molar-refractivity contribution in [1.82, 2.24) is 29.4 Å². The number of ether oxygens (including phenoxy) is 6. The topological polar surface area (TPSA) is 74.8 Å². The molecule has 0 radical (unpaired) electrons. The van der Waals surface area contributed by atoms with Crippen LogP contribution in [0.5, 0.6) is 23.0 Å². The van der Waals surface area contributed by atoms with E-state index >= 15 is 0 Å². The largest absolute Gasteiger partial charge is 0.454 e. The van der Waals surface area contributed by atoms with Crippen LogP contribution in [0.15, 0.2) is 97.1 Å². The number of methoxy groups -OCH3 is 2. The van der Waals surface area contributed by atoms with Crippen LogP contribution in [0.1, 0.15) is 246 Å². The van der Waals surface area contributed by atoms with Crippen LogP contribution >= 0.6 is 0 Å². The highest BCUT2D eigenvalue weighted by Gasteiger charge is 2.27. The lowest BCUT2D eigenvalue weighted by molar-refractivity contribution is 0.0365. The average Bonchev–Trinajstić information content (AvgIpc) is 2.00. The van der Waals surface area contributed by atoms with Gasteiger partial charge < -0.3 is 28.4 Å². The average molecular weight is 1360 g/mol. The standard InChI is InChI=1S/2C16H23NO2.2C15H23N.2C10H21NO.2C2H6/c2*1-12-3-6-14(7-4-12)17(2)10-13-5-8-15-16(9-13)19-11-18-15;2*1-13-8-10-15(11-9-13)16(2)12-14-6-4-3-5-7-14;2*1-9-4-6-10(7-5-9)11(2)8-12-3;2*1-2/h2*5,8-9,12,14H,3-4,6-7,10-11H2,1-2H3;2*3-7,13,15H,8-12H2,1-2H3;2*9-10H,4-8H2,1-3H3;2*1-2H3. The van der Waals surface area contributed by atoms with E-state index in [-0.39, 0.29) is 0 Å². The molecule has 12 rings (SSSR count). The van der Waals surface area contributed by atoms with Crippen molar-refractivity contribution in [1.29, 1.82) is 0 Å². The molecule has 2 heterocycles. The molecule has 0 atom stereocenters. The van der Waals surface area contributed by atoms with Crippen molar-refractivity contribution in [3.8, 4) is 23.0 Å². The molecular formula is C86H146N6O6. The van der Waals surface area contributed by atoms with Crippen LogP contribution < -0.4 is 18.9 Å². The summed E-state index contributed by atoms with van der Waals surface area (Å²) in [6.07, 6.45) is 32.9. The van der Waals surface area contributed by atoms with E-state index in [0.717, 1.165) is 134 Å². The number of hydrogen-bond donors (Lipinski definition) is 0. The second-order valence-electron chi connectivity index (χ2n) is 30.8. The first-order valence-electron chi connectivity index (χ1n) is 39.5. The van der Waals surface area contributed by atoms with E-state index in [9.17, 15) is 0 Å². The minimum absolute atomic E-state index is 0.356. The molecule has 98 heavy (non-hydrogen) atoms. The van der Waals surface area contributed by atoms with Gasteiger partial charge in [-0.3, -0.25) is 29.4 Å². The van der Waals surface area contributed by atoms with Gasteiger partial charge in [0.2, 0.25) is 13.6 Å². The second kappa shape index (κ2) is 47.8. The normalized spacial score (nSPS) is 26.2. The van der Waals surface area contributed by atoms with E-state index in [0.29, 0.717) is 13.6 Å². The Bertz CT molecular complexity index is 2420. The van der Waals surface area contributed by atoms with Crippen LogP contribution in [-0.2, 0) is 35.7 Å². The molecular weight excluding hydrogens is 1210 g/mol. The number of fused-ring (bicyclic) bond motifs is 2. The van der Waals surface area contributed by atoms with Crippen LogP contribution in [0.2, 0.25) is 0 Å². The van der Waals surface area contributed by atoms with E-state index in [1.54, 1.807) is 14.2 Å². The molecule has 12 heteroatoms. The van der Waals surface area contributed by atoms with E-state index in [1.807, 2.05) is 39.8 Å². The third kappa shape index (κ3) is 31.2. The first-order chi connectivity index (χ1) is 47.4. The Morgan fingerprint density at radius 3 is 0.724 bits per heavy atom. The summed E-state index contributed by atoms with van der Waals surface area (Å²) in [5.74, 6) is 9.13. The molecule has 0 unspecified atom stereocenters. The van der Waals surface area contributed by atoms with Gasteiger partial charge in [0.25, 0.3) is 0 Å². The summed E-state index contributed by atoms with van der Waals surface area (Å²) >= 11 is 0. The molecule has 556 valence electrons. The molecule has 2 aliphatic heterocycles. The highest BCUT2D eigenvalue weighted by atomic mass is 16.7. The molecule has 4 aromatic rings. The Balaban J connectivity index is 0.000000212. The van der Waals surface area contributed by atoms with Gasteiger partial charge in [-0.1, -0.05) is 142 Å². The Kier molecular flexibility index (Phi) is 41.2. The maximum absolute atomic E-state index is 5.44. The second-order valence-corrected chi connectivity index (χ2v) is 30.8. The molecule has 6 aliphatic carbocycles. The molecule has 8 aliphatic rings. The van der Waals surface area contributed by atoms with E-state index < -0.39 is 0 Å². The summed E-state index contributed by atoms with van der Waals surface area (Å²) in [6.45, 7) is 28.7. The van der Waals surface area contributed by atoms with Crippen LogP contribution in [0.4, 0.5) is 0 Å². The minimum atomic E-state index is 0.356. The molecule has 0 spiro atoms. The summed E-state index contributed by atoms with van der Waals surface area (Å²) < 4.78 is 31.8. The van der Waals surface area contributed by atoms with Gasteiger partial charge in [0.1, 0.15) is 0 Å². The third-order valence-corrected chi connectivity index (χ3v) is 22.6. The number of hydrogen-bond acceptors (Lipinski definition) is 12. The number of rotatable bonds is 18. The zero-order chi connectivity index (χ0) is 71.2. The molecule has 12 nitrogen and oxygen atoms in total. The molecule has 6 saturated carbocycles. The van der Waals surface area contributed by atoms with Gasteiger partial charge in [0.05, 0.1) is 13.5 Å². The fourth-order valence-electron chi connectivity index (χ4n) is 15.6. The Morgan fingerprint density at radius 1 is 0.276 bits per heavy atom. The first kappa shape index (κ1) is 84.4. The lowest BCUT2D eigenvalue weighted by Crippen LogP contribution is -2.35. The molecule has 0 saturated heterocycles. The van der Waals surface area contributed by atoms with Crippen molar-refractivity contribution < 1.29 is 28.4 Å². The van der Waals surface area contributed by atoms with Gasteiger partial charge >= 0.3 is 0 Å². The third-order valence-electron chi connectivity index (χ3n) is 22.6. The van der Waals surface area contributed by atoms with E-state index in [4.69, 9.17) is 28.4 Å². The van der Waals surface area contributed by atoms with Crippen molar-refractivity contribution in [2.45, 2.75) is 286 Å². The van der Waals surface area contributed by atoms with Crippen molar-refractivity contribution in [2.75, 3.05) is 83.6 Å². The van der Waals surface area contributed by atoms with Gasteiger partial charge in [-0.25, -0.2) is 0 Å². The quantitative estimate of drug-likeness (QED) is 0.0891. The van der Waals surface area contributed by atoms with Gasteiger partial charge in [-0.2, -0.15) is 0 Å². The number of nitrogens with zero attached hydrogens (tertiary/aromatic N) is 6. The van der Waals surface area contributed by atoms with E-state index in [1.165, 1.54) is 176 Å². The van der Waals surface area contributed by atoms with Crippen LogP contribution in [0.25, 0.3) is 0 Å². The fourth-order valence-corrected chi connectivity index (χ4v) is 15.6. The zero-order valence-electron chi connectivity index (χ0n) is 65.9. The highest BCUT2D eigenvalue weighted by Crippen LogP contribution is 2.37. The molecule has 0 amide bonds. The van der Waals surface area contributed by atoms with Crippen LogP contribution in [0, 0.1) is 35.5 Å². The first-order valence-corrected chi connectivity index (χ1v) is 39.5.